The maximum atomic E-state index is 6.55. The van der Waals surface area contributed by atoms with Crippen LogP contribution in [-0.2, 0) is 0 Å². The Morgan fingerprint density at radius 1 is 0.905 bits per heavy atom. The van der Waals surface area contributed by atoms with Gasteiger partial charge in [0.25, 0.3) is 0 Å². The number of benzene rings is 2. The van der Waals surface area contributed by atoms with Crippen LogP contribution in [0.3, 0.4) is 0 Å². The van der Waals surface area contributed by atoms with Crippen molar-refractivity contribution in [3.05, 3.63) is 63.1 Å². The maximum absolute atomic E-state index is 6.55. The molecule has 21 heavy (non-hydrogen) atoms. The van der Waals surface area contributed by atoms with Crippen molar-refractivity contribution >= 4 is 34.8 Å². The first kappa shape index (κ1) is 16.5. The number of hydrogen-bond donors (Lipinski definition) is 0. The van der Waals surface area contributed by atoms with E-state index in [-0.39, 0.29) is 5.38 Å². The summed E-state index contributed by atoms with van der Waals surface area (Å²) in [5, 5.41) is 0.702. The Labute approximate surface area is 140 Å². The Kier molecular flexibility index (Phi) is 5.43. The fourth-order valence-corrected chi connectivity index (χ4v) is 3.02. The molecular weight excluding hydrogens is 327 g/mol. The minimum absolute atomic E-state index is 0.345. The predicted molar refractivity (Wildman–Crippen MR) is 91.2 cm³/mol. The molecule has 0 saturated heterocycles. The van der Waals surface area contributed by atoms with Crippen molar-refractivity contribution in [3.8, 4) is 5.75 Å². The van der Waals surface area contributed by atoms with E-state index in [9.17, 15) is 0 Å². The smallest absolute Gasteiger partial charge is 0.138 e. The highest BCUT2D eigenvalue weighted by atomic mass is 35.5. The molecule has 0 amide bonds. The van der Waals surface area contributed by atoms with Gasteiger partial charge < -0.3 is 4.74 Å². The summed E-state index contributed by atoms with van der Waals surface area (Å²) in [6.45, 7) is 4.32. The zero-order chi connectivity index (χ0) is 15.6. The molecule has 0 aromatic heterocycles. The summed E-state index contributed by atoms with van der Waals surface area (Å²) in [5.74, 6) is 1.04. The van der Waals surface area contributed by atoms with E-state index in [0.29, 0.717) is 21.7 Å². The molecule has 0 spiro atoms. The van der Waals surface area contributed by atoms with Crippen molar-refractivity contribution in [1.29, 1.82) is 0 Å². The molecule has 0 bridgehead atoms. The third-order valence-electron chi connectivity index (χ3n) is 3.44. The number of rotatable bonds is 4. The van der Waals surface area contributed by atoms with Crippen LogP contribution < -0.4 is 4.74 Å². The second kappa shape index (κ2) is 6.91. The predicted octanol–water partition coefficient (Wildman–Crippen LogP) is 6.45. The average Bonchev–Trinajstić information content (AvgIpc) is 2.48. The molecule has 0 saturated carbocycles. The van der Waals surface area contributed by atoms with Crippen molar-refractivity contribution in [2.45, 2.75) is 25.1 Å². The Morgan fingerprint density at radius 3 is 2.00 bits per heavy atom. The highest BCUT2D eigenvalue weighted by Gasteiger charge is 2.17. The fraction of sp³-hybridized carbons (Fsp3) is 0.294. The van der Waals surface area contributed by atoms with E-state index < -0.39 is 0 Å². The lowest BCUT2D eigenvalue weighted by atomic mass is 9.98. The highest BCUT2D eigenvalue weighted by molar-refractivity contribution is 6.36. The van der Waals surface area contributed by atoms with Gasteiger partial charge in [0.15, 0.2) is 0 Å². The van der Waals surface area contributed by atoms with Crippen LogP contribution in [0.2, 0.25) is 10.0 Å². The zero-order valence-corrected chi connectivity index (χ0v) is 14.4. The van der Waals surface area contributed by atoms with Crippen LogP contribution in [-0.4, -0.2) is 7.11 Å². The van der Waals surface area contributed by atoms with E-state index in [2.05, 4.69) is 26.0 Å². The van der Waals surface area contributed by atoms with E-state index in [0.717, 1.165) is 11.1 Å². The van der Waals surface area contributed by atoms with Gasteiger partial charge in [-0.15, -0.1) is 11.6 Å². The molecule has 1 nitrogen and oxygen atoms in total. The van der Waals surface area contributed by atoms with Gasteiger partial charge in [0.1, 0.15) is 5.75 Å². The summed E-state index contributed by atoms with van der Waals surface area (Å²) >= 11 is 19.0. The normalized spacial score (nSPS) is 12.5. The molecule has 2 rings (SSSR count). The van der Waals surface area contributed by atoms with Crippen LogP contribution in [0.4, 0.5) is 0 Å². The van der Waals surface area contributed by atoms with E-state index in [1.165, 1.54) is 5.56 Å². The van der Waals surface area contributed by atoms with E-state index >= 15 is 0 Å². The van der Waals surface area contributed by atoms with Crippen molar-refractivity contribution in [2.75, 3.05) is 7.11 Å². The average molecular weight is 344 g/mol. The summed E-state index contributed by atoms with van der Waals surface area (Å²) in [6.07, 6.45) is 0. The van der Waals surface area contributed by atoms with Gasteiger partial charge in [0, 0.05) is 11.1 Å². The molecule has 0 radical (unpaired) electrons. The molecule has 0 aliphatic carbocycles. The van der Waals surface area contributed by atoms with Gasteiger partial charge in [0.05, 0.1) is 17.5 Å². The van der Waals surface area contributed by atoms with Crippen molar-refractivity contribution in [1.82, 2.24) is 0 Å². The quantitative estimate of drug-likeness (QED) is 0.579. The Hall–Kier alpha value is -0.890. The van der Waals surface area contributed by atoms with Gasteiger partial charge in [-0.3, -0.25) is 0 Å². The zero-order valence-electron chi connectivity index (χ0n) is 12.2. The van der Waals surface area contributed by atoms with Gasteiger partial charge in [-0.25, -0.2) is 0 Å². The molecule has 0 aliphatic heterocycles. The number of halogens is 3. The van der Waals surface area contributed by atoms with E-state index in [1.807, 2.05) is 12.1 Å². The van der Waals surface area contributed by atoms with E-state index in [1.54, 1.807) is 19.2 Å². The van der Waals surface area contributed by atoms with Gasteiger partial charge in [-0.1, -0.05) is 61.3 Å². The number of ether oxygens (including phenoxy) is 1. The Bertz CT molecular complexity index is 621. The molecule has 112 valence electrons. The standard InChI is InChI=1S/C17H17Cl3O/c1-10(2)11-4-6-12(7-5-11)17(20)13-8-15(19)16(21-3)9-14(13)18/h4-10,17H,1-3H3. The first-order chi connectivity index (χ1) is 9.93. The summed E-state index contributed by atoms with van der Waals surface area (Å²) in [5.41, 5.74) is 3.05. The van der Waals surface area contributed by atoms with Crippen LogP contribution >= 0.6 is 34.8 Å². The Balaban J connectivity index is 2.35. The van der Waals surface area contributed by atoms with Gasteiger partial charge in [-0.05, 0) is 28.7 Å². The molecule has 0 heterocycles. The fourth-order valence-electron chi connectivity index (χ4n) is 2.12. The van der Waals surface area contributed by atoms with Gasteiger partial charge >= 0.3 is 0 Å². The minimum Gasteiger partial charge on any atom is -0.495 e. The highest BCUT2D eigenvalue weighted by Crippen LogP contribution is 2.39. The summed E-state index contributed by atoms with van der Waals surface area (Å²) < 4.78 is 5.15. The molecule has 0 aliphatic rings. The molecule has 2 aromatic carbocycles. The maximum Gasteiger partial charge on any atom is 0.138 e. The third-order valence-corrected chi connectivity index (χ3v) is 4.55. The van der Waals surface area contributed by atoms with Crippen LogP contribution in [0.5, 0.6) is 5.75 Å². The SMILES string of the molecule is COc1cc(Cl)c(C(Cl)c2ccc(C(C)C)cc2)cc1Cl. The van der Waals surface area contributed by atoms with Crippen LogP contribution in [0.25, 0.3) is 0 Å². The lowest BCUT2D eigenvalue weighted by Gasteiger charge is -2.15. The van der Waals surface area contributed by atoms with E-state index in [4.69, 9.17) is 39.5 Å². The molecule has 4 heteroatoms. The molecule has 0 fully saturated rings. The summed E-state index contributed by atoms with van der Waals surface area (Å²) in [6, 6.07) is 11.7. The first-order valence-corrected chi connectivity index (χ1v) is 7.90. The van der Waals surface area contributed by atoms with Crippen LogP contribution in [0.1, 0.15) is 41.8 Å². The van der Waals surface area contributed by atoms with Crippen molar-refractivity contribution in [3.63, 3.8) is 0 Å². The van der Waals surface area contributed by atoms with Crippen molar-refractivity contribution < 1.29 is 4.74 Å². The molecule has 1 unspecified atom stereocenters. The first-order valence-electron chi connectivity index (χ1n) is 6.71. The molecule has 2 aromatic rings. The molecule has 0 N–H and O–H groups in total. The van der Waals surface area contributed by atoms with Crippen LogP contribution in [0, 0.1) is 0 Å². The summed E-state index contributed by atoms with van der Waals surface area (Å²) in [7, 11) is 1.56. The molecule has 1 atom stereocenters. The lowest BCUT2D eigenvalue weighted by molar-refractivity contribution is 0.415. The van der Waals surface area contributed by atoms with Gasteiger partial charge in [-0.2, -0.15) is 0 Å². The second-order valence-corrected chi connectivity index (χ2v) is 6.44. The second-order valence-electron chi connectivity index (χ2n) is 5.19. The monoisotopic (exact) mass is 342 g/mol. The van der Waals surface area contributed by atoms with Gasteiger partial charge in [0.2, 0.25) is 0 Å². The largest absolute Gasteiger partial charge is 0.495 e. The minimum atomic E-state index is -0.345. The topological polar surface area (TPSA) is 9.23 Å². The van der Waals surface area contributed by atoms with Crippen molar-refractivity contribution in [2.24, 2.45) is 0 Å². The number of alkyl halides is 1. The number of hydrogen-bond acceptors (Lipinski definition) is 1. The summed E-state index contributed by atoms with van der Waals surface area (Å²) in [4.78, 5) is 0. The third kappa shape index (κ3) is 3.66. The number of methoxy groups -OCH3 is 1. The lowest BCUT2D eigenvalue weighted by Crippen LogP contribution is -1.97. The van der Waals surface area contributed by atoms with Crippen LogP contribution in [0.15, 0.2) is 36.4 Å². The Morgan fingerprint density at radius 2 is 1.48 bits per heavy atom. The molecular formula is C17H17Cl3O.